The third kappa shape index (κ3) is 4.32. The molecule has 0 spiro atoms. The highest BCUT2D eigenvalue weighted by molar-refractivity contribution is 7.87. The Hall–Kier alpha value is -3.33. The largest absolute Gasteiger partial charge is 0.507 e. The fourth-order valence-electron chi connectivity index (χ4n) is 4.23. The molecule has 174 valence electrons. The molecule has 0 saturated heterocycles. The van der Waals surface area contributed by atoms with Crippen LogP contribution in [0.3, 0.4) is 0 Å². The minimum Gasteiger partial charge on any atom is -0.507 e. The number of allylic oxidation sites excluding steroid dienone is 2. The number of rotatable bonds is 6. The minimum atomic E-state index is -4.30. The normalized spacial score (nSPS) is 18.9. The molecule has 2 N–H and O–H groups in total. The van der Waals surface area contributed by atoms with Crippen LogP contribution in [-0.4, -0.2) is 30.6 Å². The first-order valence-corrected chi connectivity index (χ1v) is 12.0. The van der Waals surface area contributed by atoms with Gasteiger partial charge in [-0.05, 0) is 57.2 Å². The van der Waals surface area contributed by atoms with Crippen molar-refractivity contribution in [1.82, 2.24) is 0 Å². The maximum atomic E-state index is 13.0. The third-order valence-corrected chi connectivity index (χ3v) is 7.45. The van der Waals surface area contributed by atoms with Gasteiger partial charge in [0.05, 0.1) is 5.92 Å². The van der Waals surface area contributed by atoms with Crippen molar-refractivity contribution in [3.8, 4) is 11.5 Å². The van der Waals surface area contributed by atoms with E-state index in [1.54, 1.807) is 25.1 Å². The van der Waals surface area contributed by atoms with E-state index in [1.807, 2.05) is 6.92 Å². The Balaban J connectivity index is 1.77. The van der Waals surface area contributed by atoms with Crippen molar-refractivity contribution >= 4 is 22.1 Å². The molecule has 2 aromatic carbocycles. The van der Waals surface area contributed by atoms with Crippen LogP contribution in [0.2, 0.25) is 0 Å². The molecule has 1 heterocycles. The Morgan fingerprint density at radius 2 is 1.94 bits per heavy atom. The van der Waals surface area contributed by atoms with E-state index in [9.17, 15) is 28.2 Å². The molecule has 0 amide bonds. The summed E-state index contributed by atoms with van der Waals surface area (Å²) < 4.78 is 36.6. The predicted molar refractivity (Wildman–Crippen MR) is 118 cm³/mol. The lowest BCUT2D eigenvalue weighted by atomic mass is 9.95. The zero-order chi connectivity index (χ0) is 23.9. The van der Waals surface area contributed by atoms with Gasteiger partial charge in [-0.2, -0.15) is 8.42 Å². The first-order valence-electron chi connectivity index (χ1n) is 10.5. The van der Waals surface area contributed by atoms with Gasteiger partial charge in [-0.15, -0.1) is 0 Å². The van der Waals surface area contributed by atoms with Crippen molar-refractivity contribution in [2.75, 3.05) is 0 Å². The van der Waals surface area contributed by atoms with Crippen molar-refractivity contribution in [3.05, 3.63) is 63.7 Å². The Bertz CT molecular complexity index is 1270. The number of phenols is 1. The predicted octanol–water partition coefficient (Wildman–Crippen LogP) is 3.80. The van der Waals surface area contributed by atoms with Crippen LogP contribution in [-0.2, 0) is 32.7 Å². The third-order valence-electron chi connectivity index (χ3n) is 6.22. The van der Waals surface area contributed by atoms with Crippen LogP contribution >= 0.6 is 0 Å². The number of carbonyl (C=O) groups is 2. The van der Waals surface area contributed by atoms with Crippen LogP contribution < -0.4 is 4.18 Å². The van der Waals surface area contributed by atoms with Crippen molar-refractivity contribution in [1.29, 1.82) is 0 Å². The number of ether oxygens (including phenoxy) is 1. The number of carboxylic acid groups (broad SMARTS) is 1. The molecular weight excluding hydrogens is 448 g/mol. The van der Waals surface area contributed by atoms with Crippen LogP contribution in [0.25, 0.3) is 0 Å². The number of benzene rings is 2. The van der Waals surface area contributed by atoms with E-state index in [-0.39, 0.29) is 40.5 Å². The number of aliphatic carboxylic acids is 1. The van der Waals surface area contributed by atoms with Crippen LogP contribution in [0.4, 0.5) is 0 Å². The molecule has 2 aromatic rings. The summed E-state index contributed by atoms with van der Waals surface area (Å²) >= 11 is 0. The average Bonchev–Trinajstić information content (AvgIpc) is 3.39. The second kappa shape index (κ2) is 8.55. The highest BCUT2D eigenvalue weighted by atomic mass is 32.2. The quantitative estimate of drug-likeness (QED) is 0.369. The van der Waals surface area contributed by atoms with Gasteiger partial charge in [0.15, 0.2) is 5.75 Å². The first kappa shape index (κ1) is 22.8. The molecule has 1 atom stereocenters. The molecular formula is C24H24O8S. The van der Waals surface area contributed by atoms with Gasteiger partial charge in [-0.3, -0.25) is 4.79 Å². The first-order chi connectivity index (χ1) is 15.6. The maximum Gasteiger partial charge on any atom is 0.342 e. The van der Waals surface area contributed by atoms with Gasteiger partial charge in [-0.1, -0.05) is 29.3 Å². The molecule has 33 heavy (non-hydrogen) atoms. The zero-order valence-corrected chi connectivity index (χ0v) is 19.1. The van der Waals surface area contributed by atoms with Gasteiger partial charge in [0.1, 0.15) is 22.8 Å². The van der Waals surface area contributed by atoms with Crippen LogP contribution in [0, 0.1) is 19.8 Å². The number of fused-ring (bicyclic) bond motifs is 1. The Labute approximate surface area is 191 Å². The molecule has 0 bridgehead atoms. The summed E-state index contributed by atoms with van der Waals surface area (Å²) in [5, 5.41) is 20.1. The summed E-state index contributed by atoms with van der Waals surface area (Å²) in [7, 11) is -4.30. The molecule has 1 saturated carbocycles. The molecule has 0 aromatic heterocycles. The lowest BCUT2D eigenvalue weighted by Gasteiger charge is -2.17. The average molecular weight is 473 g/mol. The number of aromatic hydroxyl groups is 1. The summed E-state index contributed by atoms with van der Waals surface area (Å²) in [6.07, 6.45) is 3.36. The van der Waals surface area contributed by atoms with E-state index < -0.39 is 28.0 Å². The van der Waals surface area contributed by atoms with Gasteiger partial charge in [0.2, 0.25) is 0 Å². The molecule has 1 aliphatic carbocycles. The number of hydrogen-bond donors (Lipinski definition) is 2. The van der Waals surface area contributed by atoms with Gasteiger partial charge >= 0.3 is 22.1 Å². The summed E-state index contributed by atoms with van der Waals surface area (Å²) in [6.45, 7) is 3.36. The molecule has 8 nitrogen and oxygen atoms in total. The smallest absolute Gasteiger partial charge is 0.342 e. The number of aryl methyl sites for hydroxylation is 1. The topological polar surface area (TPSA) is 127 Å². The number of phenolic OH excluding ortho intramolecular Hbond substituents is 1. The standard InChI is InChI=1S/C24H24O8S/c1-13-3-8-17(9-4-13)33(29,30)32-22-18(10-6-15-5-7-16(11-15)23(26)27)21(25)14(2)19-12-31-24(28)20(19)22/h3-4,6,8-9,16,25H,5,7,10-12H2,1-2H3,(H,26,27). The van der Waals surface area contributed by atoms with E-state index in [4.69, 9.17) is 8.92 Å². The van der Waals surface area contributed by atoms with Gasteiger partial charge in [-0.25, -0.2) is 4.79 Å². The highest BCUT2D eigenvalue weighted by Gasteiger charge is 2.35. The van der Waals surface area contributed by atoms with E-state index in [0.29, 0.717) is 30.4 Å². The molecule has 2 aliphatic rings. The van der Waals surface area contributed by atoms with Crippen LogP contribution in [0.1, 0.15) is 51.9 Å². The number of hydrogen-bond acceptors (Lipinski definition) is 7. The Morgan fingerprint density at radius 1 is 1.24 bits per heavy atom. The monoisotopic (exact) mass is 472 g/mol. The van der Waals surface area contributed by atoms with E-state index in [0.717, 1.165) is 11.1 Å². The number of esters is 1. The fraction of sp³-hybridized carbons (Fsp3) is 0.333. The fourth-order valence-corrected chi connectivity index (χ4v) is 5.19. The lowest BCUT2D eigenvalue weighted by Crippen LogP contribution is -2.14. The van der Waals surface area contributed by atoms with Crippen molar-refractivity contribution < 1.29 is 37.1 Å². The van der Waals surface area contributed by atoms with E-state index in [1.165, 1.54) is 12.1 Å². The molecule has 4 rings (SSSR count). The Kier molecular flexibility index (Phi) is 5.92. The van der Waals surface area contributed by atoms with Crippen molar-refractivity contribution in [2.24, 2.45) is 5.92 Å². The summed E-state index contributed by atoms with van der Waals surface area (Å²) in [5.74, 6) is -2.46. The van der Waals surface area contributed by atoms with Crippen LogP contribution in [0.5, 0.6) is 11.5 Å². The SMILES string of the molecule is Cc1ccc(S(=O)(=O)Oc2c(CC=C3CCC(C(=O)O)C3)c(O)c(C)c3c2C(=O)OC3)cc1. The van der Waals surface area contributed by atoms with Gasteiger partial charge in [0.25, 0.3) is 0 Å². The number of carbonyl (C=O) groups excluding carboxylic acids is 1. The molecule has 1 aliphatic heterocycles. The zero-order valence-electron chi connectivity index (χ0n) is 18.3. The minimum absolute atomic E-state index is 0.00998. The summed E-state index contributed by atoms with van der Waals surface area (Å²) in [4.78, 5) is 23.6. The van der Waals surface area contributed by atoms with Crippen molar-refractivity contribution in [3.63, 3.8) is 0 Å². The molecule has 1 unspecified atom stereocenters. The second-order valence-electron chi connectivity index (χ2n) is 8.41. The number of cyclic esters (lactones) is 1. The molecule has 0 radical (unpaired) electrons. The maximum absolute atomic E-state index is 13.0. The lowest BCUT2D eigenvalue weighted by molar-refractivity contribution is -0.141. The van der Waals surface area contributed by atoms with E-state index in [2.05, 4.69) is 0 Å². The second-order valence-corrected chi connectivity index (χ2v) is 9.95. The van der Waals surface area contributed by atoms with E-state index >= 15 is 0 Å². The summed E-state index contributed by atoms with van der Waals surface area (Å²) in [6, 6.07) is 6.07. The van der Waals surface area contributed by atoms with Gasteiger partial charge < -0.3 is 19.1 Å². The van der Waals surface area contributed by atoms with Gasteiger partial charge in [0, 0.05) is 11.1 Å². The molecule has 9 heteroatoms. The van der Waals surface area contributed by atoms with Crippen molar-refractivity contribution in [2.45, 2.75) is 51.0 Å². The number of carboxylic acids is 1. The summed E-state index contributed by atoms with van der Waals surface area (Å²) in [5.41, 5.74) is 2.70. The Morgan fingerprint density at radius 3 is 2.58 bits per heavy atom. The van der Waals surface area contributed by atoms with Crippen LogP contribution in [0.15, 0.2) is 40.8 Å². The molecule has 1 fully saturated rings. The highest BCUT2D eigenvalue weighted by Crippen LogP contribution is 2.43.